The van der Waals surface area contributed by atoms with Crippen LogP contribution in [0.4, 0.5) is 11.5 Å². The number of rotatable bonds is 2. The van der Waals surface area contributed by atoms with E-state index in [4.69, 9.17) is 5.73 Å². The minimum absolute atomic E-state index is 0.0823. The summed E-state index contributed by atoms with van der Waals surface area (Å²) < 4.78 is 1.98. The third-order valence-electron chi connectivity index (χ3n) is 3.60. The minimum Gasteiger partial charge on any atom is -0.391 e. The molecule has 3 aromatic rings. The molecule has 3 rings (SSSR count). The van der Waals surface area contributed by atoms with Gasteiger partial charge in [0.15, 0.2) is 17.4 Å². The van der Waals surface area contributed by atoms with E-state index in [0.29, 0.717) is 5.52 Å². The van der Waals surface area contributed by atoms with E-state index in [-0.39, 0.29) is 23.0 Å². The molecule has 0 aliphatic carbocycles. The first-order valence-electron chi connectivity index (χ1n) is 6.93. The monoisotopic (exact) mass is 323 g/mol. The number of H-pyrrole nitrogens is 1. The summed E-state index contributed by atoms with van der Waals surface area (Å²) in [5, 5.41) is 9.39. The summed E-state index contributed by atoms with van der Waals surface area (Å²) >= 11 is 0. The Hall–Kier alpha value is -3.67. The van der Waals surface area contributed by atoms with Gasteiger partial charge in [0.05, 0.1) is 11.0 Å². The van der Waals surface area contributed by atoms with Crippen LogP contribution in [0.5, 0.6) is 0 Å². The molecule has 9 nitrogen and oxygen atoms in total. The van der Waals surface area contributed by atoms with Crippen LogP contribution in [0.3, 0.4) is 0 Å². The molecule has 1 aromatic carbocycles. The minimum atomic E-state index is -0.668. The molecule has 2 aromatic heterocycles. The number of anilines is 1. The summed E-state index contributed by atoms with van der Waals surface area (Å²) in [6, 6.07) is 9.15. The molecule has 0 unspecified atom stereocenters. The fourth-order valence-corrected chi connectivity index (χ4v) is 2.30. The molecule has 0 saturated heterocycles. The number of nitriles is 1. The Bertz CT molecular complexity index is 1070. The maximum absolute atomic E-state index is 12.0. The number of aromatic nitrogens is 4. The van der Waals surface area contributed by atoms with Crippen LogP contribution in [0.25, 0.3) is 11.0 Å². The van der Waals surface area contributed by atoms with E-state index in [1.54, 1.807) is 6.07 Å². The fraction of sp³-hybridized carbons (Fsp3) is 0.133. The molecule has 0 atom stereocenters. The summed E-state index contributed by atoms with van der Waals surface area (Å²) in [5.74, 6) is 0.145. The van der Waals surface area contributed by atoms with E-state index in [9.17, 15) is 14.9 Å². The zero-order chi connectivity index (χ0) is 17.4. The van der Waals surface area contributed by atoms with Crippen LogP contribution in [-0.4, -0.2) is 24.8 Å². The molecule has 0 saturated carbocycles. The number of nitrogens with one attached hydrogen (secondary N) is 1. The van der Waals surface area contributed by atoms with Gasteiger partial charge in [-0.3, -0.25) is 13.9 Å². The average Bonchev–Trinajstić information content (AvgIpc) is 3.02. The highest BCUT2D eigenvalue weighted by Crippen LogP contribution is 2.17. The molecule has 3 N–H and O–H groups in total. The van der Waals surface area contributed by atoms with Crippen LogP contribution >= 0.6 is 0 Å². The van der Waals surface area contributed by atoms with Gasteiger partial charge in [0.2, 0.25) is 0 Å². The second-order valence-electron chi connectivity index (χ2n) is 5.12. The van der Waals surface area contributed by atoms with Gasteiger partial charge in [-0.05, 0) is 12.1 Å². The molecule has 9 heteroatoms. The smallest absolute Gasteiger partial charge is 0.332 e. The summed E-state index contributed by atoms with van der Waals surface area (Å²) in [6.07, 6.45) is 0. The van der Waals surface area contributed by atoms with Gasteiger partial charge in [-0.15, -0.1) is 0 Å². The number of hydrogen-bond acceptors (Lipinski definition) is 6. The van der Waals surface area contributed by atoms with Crippen molar-refractivity contribution < 1.29 is 0 Å². The predicted molar refractivity (Wildman–Crippen MR) is 89.2 cm³/mol. The van der Waals surface area contributed by atoms with Crippen LogP contribution in [0, 0.1) is 11.3 Å². The van der Waals surface area contributed by atoms with E-state index in [1.165, 1.54) is 14.1 Å². The van der Waals surface area contributed by atoms with Gasteiger partial charge in [0, 0.05) is 14.1 Å². The topological polar surface area (TPSA) is 135 Å². The van der Waals surface area contributed by atoms with Gasteiger partial charge >= 0.3 is 5.69 Å². The van der Waals surface area contributed by atoms with Crippen molar-refractivity contribution in [3.8, 4) is 6.07 Å². The van der Waals surface area contributed by atoms with Crippen molar-refractivity contribution >= 4 is 28.3 Å². The highest BCUT2D eigenvalue weighted by molar-refractivity contribution is 6.11. The predicted octanol–water partition coefficient (Wildman–Crippen LogP) is 0.187. The van der Waals surface area contributed by atoms with Crippen molar-refractivity contribution in [2.24, 2.45) is 19.1 Å². The Balaban J connectivity index is 2.25. The van der Waals surface area contributed by atoms with E-state index in [2.05, 4.69) is 15.0 Å². The van der Waals surface area contributed by atoms with Gasteiger partial charge in [-0.25, -0.2) is 14.8 Å². The molecular formula is C15H13N7O2. The Morgan fingerprint density at radius 1 is 1.29 bits per heavy atom. The maximum Gasteiger partial charge on any atom is 0.332 e. The molecule has 2 heterocycles. The molecule has 0 spiro atoms. The SMILES string of the molecule is Cn1c(N=C(C#N)c2nc3ccccc3[nH]2)c(N)c(=O)n(C)c1=O. The number of aromatic amines is 1. The van der Waals surface area contributed by atoms with Crippen LogP contribution in [0.15, 0.2) is 38.8 Å². The van der Waals surface area contributed by atoms with Gasteiger partial charge in [0.25, 0.3) is 5.56 Å². The van der Waals surface area contributed by atoms with Crippen LogP contribution < -0.4 is 17.0 Å². The Morgan fingerprint density at radius 3 is 2.67 bits per heavy atom. The number of benzene rings is 1. The van der Waals surface area contributed by atoms with Crippen LogP contribution in [0.1, 0.15) is 5.82 Å². The van der Waals surface area contributed by atoms with Gasteiger partial charge in [-0.2, -0.15) is 5.26 Å². The fourth-order valence-electron chi connectivity index (χ4n) is 2.30. The molecule has 0 fully saturated rings. The van der Waals surface area contributed by atoms with Gasteiger partial charge < -0.3 is 10.7 Å². The lowest BCUT2D eigenvalue weighted by atomic mass is 10.3. The highest BCUT2D eigenvalue weighted by atomic mass is 16.2. The Morgan fingerprint density at radius 2 is 2.00 bits per heavy atom. The number of hydrogen-bond donors (Lipinski definition) is 2. The summed E-state index contributed by atoms with van der Waals surface area (Å²) in [5.41, 5.74) is 5.62. The highest BCUT2D eigenvalue weighted by Gasteiger charge is 2.15. The lowest BCUT2D eigenvalue weighted by Gasteiger charge is -2.08. The molecule has 0 bridgehead atoms. The van der Waals surface area contributed by atoms with E-state index in [1.807, 2.05) is 24.3 Å². The first-order chi connectivity index (χ1) is 11.4. The molecule has 24 heavy (non-hydrogen) atoms. The van der Waals surface area contributed by atoms with E-state index in [0.717, 1.165) is 14.7 Å². The number of fused-ring (bicyclic) bond motifs is 1. The first-order valence-corrected chi connectivity index (χ1v) is 6.93. The number of nitrogen functional groups attached to an aromatic ring is 1. The van der Waals surface area contributed by atoms with Crippen molar-refractivity contribution in [2.75, 3.05) is 5.73 Å². The summed E-state index contributed by atoms with van der Waals surface area (Å²) in [7, 11) is 2.74. The van der Waals surface area contributed by atoms with Gasteiger partial charge in [0.1, 0.15) is 11.8 Å². The summed E-state index contributed by atoms with van der Waals surface area (Å²) in [4.78, 5) is 35.3. The average molecular weight is 323 g/mol. The summed E-state index contributed by atoms with van der Waals surface area (Å²) in [6.45, 7) is 0. The third-order valence-corrected chi connectivity index (χ3v) is 3.60. The van der Waals surface area contributed by atoms with E-state index >= 15 is 0 Å². The number of nitrogens with two attached hydrogens (primary N) is 1. The third kappa shape index (κ3) is 2.26. The second-order valence-corrected chi connectivity index (χ2v) is 5.12. The quantitative estimate of drug-likeness (QED) is 0.649. The molecule has 0 amide bonds. The molecule has 0 aliphatic heterocycles. The standard InChI is InChI=1S/C15H13N7O2/c1-21-13(11(17)14(23)22(2)15(21)24)20-10(7-16)12-18-8-5-3-4-6-9(8)19-12/h3-6H,17H2,1-2H3,(H,18,19). The molecule has 0 aliphatic rings. The number of imidazole rings is 1. The lowest BCUT2D eigenvalue weighted by Crippen LogP contribution is -2.38. The zero-order valence-corrected chi connectivity index (χ0v) is 12.9. The Labute approximate surface area is 135 Å². The number of aliphatic imine (C=N–C) groups is 1. The van der Waals surface area contributed by atoms with E-state index < -0.39 is 11.2 Å². The van der Waals surface area contributed by atoms with Crippen molar-refractivity contribution in [3.63, 3.8) is 0 Å². The van der Waals surface area contributed by atoms with Crippen LogP contribution in [0.2, 0.25) is 0 Å². The molecule has 0 radical (unpaired) electrons. The van der Waals surface area contributed by atoms with Crippen molar-refractivity contribution in [1.82, 2.24) is 19.1 Å². The van der Waals surface area contributed by atoms with Gasteiger partial charge in [-0.1, -0.05) is 12.1 Å². The second kappa shape index (κ2) is 5.51. The van der Waals surface area contributed by atoms with Crippen LogP contribution in [-0.2, 0) is 14.1 Å². The van der Waals surface area contributed by atoms with Crippen molar-refractivity contribution in [2.45, 2.75) is 0 Å². The van der Waals surface area contributed by atoms with Crippen molar-refractivity contribution in [1.29, 1.82) is 5.26 Å². The number of para-hydroxylation sites is 2. The first kappa shape index (κ1) is 15.2. The maximum atomic E-state index is 12.0. The zero-order valence-electron chi connectivity index (χ0n) is 12.9. The number of nitrogens with zero attached hydrogens (tertiary/aromatic N) is 5. The molecular weight excluding hydrogens is 310 g/mol. The normalized spacial score (nSPS) is 11.6. The Kier molecular flexibility index (Phi) is 3.50. The molecule has 120 valence electrons. The van der Waals surface area contributed by atoms with Crippen molar-refractivity contribution in [3.05, 3.63) is 50.9 Å². The lowest BCUT2D eigenvalue weighted by molar-refractivity contribution is 0.693. The largest absolute Gasteiger partial charge is 0.391 e.